The predicted octanol–water partition coefficient (Wildman–Crippen LogP) is 3.62. The number of imide groups is 1. The molecule has 0 saturated carbocycles. The molecule has 8 heteroatoms. The smallest absolute Gasteiger partial charge is 0.259 e. The van der Waals surface area contributed by atoms with Crippen molar-refractivity contribution in [2.24, 2.45) is 0 Å². The molecule has 0 radical (unpaired) electrons. The van der Waals surface area contributed by atoms with Crippen molar-refractivity contribution in [2.75, 3.05) is 6.61 Å². The van der Waals surface area contributed by atoms with Crippen molar-refractivity contribution in [3.8, 4) is 11.1 Å². The molecule has 0 unspecified atom stereocenters. The van der Waals surface area contributed by atoms with Crippen LogP contribution < -0.4 is 5.32 Å². The van der Waals surface area contributed by atoms with Crippen LogP contribution in [0.5, 0.6) is 0 Å². The second-order valence-corrected chi connectivity index (χ2v) is 7.26. The summed E-state index contributed by atoms with van der Waals surface area (Å²) in [7, 11) is 0. The van der Waals surface area contributed by atoms with E-state index in [1.165, 1.54) is 0 Å². The average molecular weight is 421 g/mol. The van der Waals surface area contributed by atoms with E-state index in [1.807, 2.05) is 0 Å². The first-order valence-corrected chi connectivity index (χ1v) is 9.45. The molecule has 0 spiro atoms. The highest BCUT2D eigenvalue weighted by molar-refractivity contribution is 6.40. The lowest BCUT2D eigenvalue weighted by atomic mass is 9.94. The maximum absolute atomic E-state index is 12.6. The number of rotatable bonds is 5. The molecule has 0 bridgehead atoms. The fraction of sp³-hybridized carbons (Fsp3) is 0.200. The molecule has 1 aliphatic heterocycles. The number of nitrogens with zero attached hydrogens (tertiary/aromatic N) is 1. The molecular formula is C20H18Cl2N2O4. The Balaban J connectivity index is 0.00000240. The number of carbonyl (C=O) groups is 2. The molecular weight excluding hydrogens is 403 g/mol. The first kappa shape index (κ1) is 19.0. The van der Waals surface area contributed by atoms with Crippen molar-refractivity contribution in [1.82, 2.24) is 9.88 Å². The van der Waals surface area contributed by atoms with Crippen molar-refractivity contribution in [3.63, 3.8) is 0 Å². The molecule has 3 N–H and O–H groups in total. The number of nitrogens with one attached hydrogen (secondary N) is 1. The van der Waals surface area contributed by atoms with Gasteiger partial charge in [0.2, 0.25) is 0 Å². The zero-order valence-electron chi connectivity index (χ0n) is 14.6. The molecule has 3 aromatic rings. The van der Waals surface area contributed by atoms with E-state index in [1.54, 1.807) is 34.9 Å². The van der Waals surface area contributed by atoms with Gasteiger partial charge in [-0.1, -0.05) is 41.4 Å². The summed E-state index contributed by atoms with van der Waals surface area (Å²) in [6, 6.07) is 8.81. The Hall–Kier alpha value is -2.38. The minimum atomic E-state index is -0.537. The number of aliphatic hydroxyl groups excluding tert-OH is 2. The Bertz CT molecular complexity index is 1140. The third-order valence-electron chi connectivity index (χ3n) is 4.93. The lowest BCUT2D eigenvalue weighted by Crippen LogP contribution is -2.20. The van der Waals surface area contributed by atoms with Gasteiger partial charge in [-0.15, -0.1) is 0 Å². The van der Waals surface area contributed by atoms with E-state index in [9.17, 15) is 19.8 Å². The Labute approximate surface area is 171 Å². The normalized spacial score (nSPS) is 13.3. The SMILES string of the molecule is O=C1NC(=O)c2c1c(-c1ccccc1Cl)cc1c2c(Cl)c(CO)n1CCCO.[HH]. The zero-order valence-corrected chi connectivity index (χ0v) is 16.1. The average Bonchev–Trinajstić information content (AvgIpc) is 3.13. The number of halogens is 2. The van der Waals surface area contributed by atoms with Gasteiger partial charge in [-0.3, -0.25) is 14.9 Å². The van der Waals surface area contributed by atoms with Gasteiger partial charge in [0.05, 0.1) is 34.0 Å². The highest BCUT2D eigenvalue weighted by atomic mass is 35.5. The maximum atomic E-state index is 12.6. The van der Waals surface area contributed by atoms with Gasteiger partial charge in [0.1, 0.15) is 0 Å². The Kier molecular flexibility index (Phi) is 4.89. The number of fused-ring (bicyclic) bond motifs is 3. The Morgan fingerprint density at radius 2 is 1.75 bits per heavy atom. The van der Waals surface area contributed by atoms with E-state index in [0.717, 1.165) is 0 Å². The summed E-state index contributed by atoms with van der Waals surface area (Å²) in [5, 5.41) is 22.5. The van der Waals surface area contributed by atoms with Crippen molar-refractivity contribution < 1.29 is 21.2 Å². The summed E-state index contributed by atoms with van der Waals surface area (Å²) in [5.41, 5.74) is 2.55. The molecule has 0 saturated heterocycles. The standard InChI is InChI=1S/C20H16Cl2N2O4.H2/c21-12-5-2-1-4-10(12)11-8-13-16(17-15(11)19(27)23-20(17)28)18(22)14(9-26)24(13)6-3-7-25;/h1-2,4-5,8,25-26H,3,6-7,9H2,(H,23,27,28);1H. The molecule has 4 rings (SSSR count). The van der Waals surface area contributed by atoms with E-state index in [-0.39, 0.29) is 30.8 Å². The fourth-order valence-electron chi connectivity index (χ4n) is 3.73. The van der Waals surface area contributed by atoms with E-state index in [4.69, 9.17) is 23.2 Å². The molecule has 2 aromatic carbocycles. The number of carbonyl (C=O) groups excluding carboxylic acids is 2. The van der Waals surface area contributed by atoms with Crippen LogP contribution in [0.15, 0.2) is 30.3 Å². The van der Waals surface area contributed by atoms with Crippen LogP contribution in [0.25, 0.3) is 22.0 Å². The van der Waals surface area contributed by atoms with Gasteiger partial charge in [0.15, 0.2) is 0 Å². The van der Waals surface area contributed by atoms with Crippen LogP contribution in [0.1, 0.15) is 34.3 Å². The van der Waals surface area contributed by atoms with E-state index in [0.29, 0.717) is 45.7 Å². The minimum absolute atomic E-state index is 0. The van der Waals surface area contributed by atoms with E-state index >= 15 is 0 Å². The zero-order chi connectivity index (χ0) is 20.0. The molecule has 2 heterocycles. The molecule has 2 amide bonds. The second-order valence-electron chi connectivity index (χ2n) is 6.48. The third kappa shape index (κ3) is 2.72. The van der Waals surface area contributed by atoms with Crippen LogP contribution in [0.2, 0.25) is 10.0 Å². The van der Waals surface area contributed by atoms with Crippen LogP contribution in [0.4, 0.5) is 0 Å². The summed E-state index contributed by atoms with van der Waals surface area (Å²) >= 11 is 12.9. The van der Waals surface area contributed by atoms with Crippen LogP contribution in [-0.4, -0.2) is 33.2 Å². The predicted molar refractivity (Wildman–Crippen MR) is 109 cm³/mol. The van der Waals surface area contributed by atoms with Crippen molar-refractivity contribution in [1.29, 1.82) is 0 Å². The Morgan fingerprint density at radius 1 is 1.04 bits per heavy atom. The lowest BCUT2D eigenvalue weighted by molar-refractivity contribution is 0.0880. The van der Waals surface area contributed by atoms with E-state index < -0.39 is 11.8 Å². The van der Waals surface area contributed by atoms with E-state index in [2.05, 4.69) is 5.32 Å². The number of aromatic nitrogens is 1. The molecule has 146 valence electrons. The van der Waals surface area contributed by atoms with Crippen LogP contribution >= 0.6 is 23.2 Å². The first-order chi connectivity index (χ1) is 13.5. The summed E-state index contributed by atoms with van der Waals surface area (Å²) in [4.78, 5) is 25.2. The van der Waals surface area contributed by atoms with Crippen molar-refractivity contribution in [3.05, 3.63) is 57.2 Å². The Morgan fingerprint density at radius 3 is 2.43 bits per heavy atom. The summed E-state index contributed by atoms with van der Waals surface area (Å²) < 4.78 is 1.77. The van der Waals surface area contributed by atoms with Crippen molar-refractivity contribution in [2.45, 2.75) is 19.6 Å². The van der Waals surface area contributed by atoms with Crippen LogP contribution in [0, 0.1) is 0 Å². The number of aryl methyl sites for hydroxylation is 1. The topological polar surface area (TPSA) is 91.6 Å². The molecule has 0 fully saturated rings. The molecule has 6 nitrogen and oxygen atoms in total. The number of amides is 2. The first-order valence-electron chi connectivity index (χ1n) is 8.69. The van der Waals surface area contributed by atoms with Gasteiger partial charge < -0.3 is 14.8 Å². The van der Waals surface area contributed by atoms with Gasteiger partial charge in [-0.05, 0) is 24.1 Å². The van der Waals surface area contributed by atoms with Crippen LogP contribution in [-0.2, 0) is 13.2 Å². The van der Waals surface area contributed by atoms with Gasteiger partial charge in [0, 0.05) is 30.6 Å². The highest BCUT2D eigenvalue weighted by Gasteiger charge is 2.35. The summed E-state index contributed by atoms with van der Waals surface area (Å²) in [6.45, 7) is 0.0140. The number of benzene rings is 2. The highest BCUT2D eigenvalue weighted by Crippen LogP contribution is 2.42. The largest absolute Gasteiger partial charge is 0.396 e. The molecule has 28 heavy (non-hydrogen) atoms. The summed E-state index contributed by atoms with van der Waals surface area (Å²) in [6.07, 6.45) is 0.441. The summed E-state index contributed by atoms with van der Waals surface area (Å²) in [5.74, 6) is -1.05. The molecule has 1 aliphatic rings. The van der Waals surface area contributed by atoms with Gasteiger partial charge >= 0.3 is 0 Å². The molecule has 0 atom stereocenters. The van der Waals surface area contributed by atoms with Gasteiger partial charge in [-0.25, -0.2) is 0 Å². The molecule has 0 aliphatic carbocycles. The number of hydrogen-bond donors (Lipinski definition) is 3. The van der Waals surface area contributed by atoms with Crippen LogP contribution in [0.3, 0.4) is 0 Å². The minimum Gasteiger partial charge on any atom is -0.396 e. The van der Waals surface area contributed by atoms with Gasteiger partial charge in [-0.2, -0.15) is 0 Å². The fourth-order valence-corrected chi connectivity index (χ4v) is 4.32. The lowest BCUT2D eigenvalue weighted by Gasteiger charge is -2.12. The maximum Gasteiger partial charge on any atom is 0.259 e. The van der Waals surface area contributed by atoms with Crippen molar-refractivity contribution >= 4 is 45.9 Å². The quantitative estimate of drug-likeness (QED) is 0.549. The number of aliphatic hydroxyl groups is 2. The second kappa shape index (κ2) is 7.22. The van der Waals surface area contributed by atoms with Gasteiger partial charge in [0.25, 0.3) is 11.8 Å². The molecule has 1 aromatic heterocycles. The monoisotopic (exact) mass is 420 g/mol. The number of hydrogen-bond acceptors (Lipinski definition) is 4. The third-order valence-corrected chi connectivity index (χ3v) is 5.67.